The van der Waals surface area contributed by atoms with Crippen LogP contribution in [-0.2, 0) is 10.8 Å². The monoisotopic (exact) mass is 1090 g/mol. The van der Waals surface area contributed by atoms with Crippen LogP contribution in [0.25, 0.3) is 100 Å². The fourth-order valence-corrected chi connectivity index (χ4v) is 15.0. The van der Waals surface area contributed by atoms with Crippen LogP contribution in [0, 0.1) is 0 Å². The second-order valence-electron chi connectivity index (χ2n) is 23.1. The van der Waals surface area contributed by atoms with Crippen LogP contribution in [0.4, 0.5) is 0 Å². The Morgan fingerprint density at radius 2 is 0.477 bits per heavy atom. The van der Waals surface area contributed by atoms with E-state index in [-0.39, 0.29) is 0 Å². The van der Waals surface area contributed by atoms with Crippen LogP contribution in [0.2, 0.25) is 0 Å². The molecule has 0 aliphatic heterocycles. The van der Waals surface area contributed by atoms with Crippen LogP contribution in [0.1, 0.15) is 44.5 Å². The van der Waals surface area contributed by atoms with Gasteiger partial charge in [0.2, 0.25) is 0 Å². The smallest absolute Gasteiger partial charge is 0.0714 e. The van der Waals surface area contributed by atoms with E-state index in [0.29, 0.717) is 0 Å². The zero-order valence-corrected chi connectivity index (χ0v) is 47.2. The van der Waals surface area contributed by atoms with Crippen molar-refractivity contribution < 1.29 is 0 Å². The molecule has 0 atom stereocenters. The first-order chi connectivity index (χ1) is 42.6. The first-order valence-electron chi connectivity index (χ1n) is 29.9. The number of benzene rings is 13. The third-order valence-corrected chi connectivity index (χ3v) is 18.7. The average molecular weight is 1090 g/mol. The van der Waals surface area contributed by atoms with Gasteiger partial charge in [-0.25, -0.2) is 0 Å². The summed E-state index contributed by atoms with van der Waals surface area (Å²) in [5, 5.41) is 2.31. The number of aromatic nitrogens is 2. The Bertz CT molecular complexity index is 4640. The summed E-state index contributed by atoms with van der Waals surface area (Å²) in [5.74, 6) is 0. The van der Waals surface area contributed by atoms with E-state index in [4.69, 9.17) is 0 Å². The molecule has 2 aliphatic rings. The molecule has 0 saturated heterocycles. The lowest BCUT2D eigenvalue weighted by atomic mass is 9.67. The van der Waals surface area contributed by atoms with Gasteiger partial charge in [-0.3, -0.25) is 0 Å². The molecule has 2 heterocycles. The summed E-state index contributed by atoms with van der Waals surface area (Å²) in [6.07, 6.45) is 0. The topological polar surface area (TPSA) is 9.86 Å². The van der Waals surface area contributed by atoms with Gasteiger partial charge in [0.05, 0.1) is 33.3 Å². The largest absolute Gasteiger partial charge is 0.309 e. The maximum absolute atomic E-state index is 2.53. The molecule has 0 amide bonds. The van der Waals surface area contributed by atoms with Gasteiger partial charge in [-0.15, -0.1) is 0 Å². The second kappa shape index (κ2) is 19.8. The van der Waals surface area contributed by atoms with E-state index in [1.165, 1.54) is 89.0 Å². The molecule has 0 unspecified atom stereocenters. The maximum Gasteiger partial charge on any atom is 0.0714 e. The third kappa shape index (κ3) is 7.46. The summed E-state index contributed by atoms with van der Waals surface area (Å²) in [7, 11) is 0. The molecule has 0 saturated carbocycles. The third-order valence-electron chi connectivity index (χ3n) is 18.7. The van der Waals surface area contributed by atoms with E-state index in [2.05, 4.69) is 349 Å². The predicted molar refractivity (Wildman–Crippen MR) is 356 cm³/mol. The van der Waals surface area contributed by atoms with Gasteiger partial charge in [0.1, 0.15) is 0 Å². The molecule has 2 nitrogen and oxygen atoms in total. The molecule has 0 spiro atoms. The summed E-state index contributed by atoms with van der Waals surface area (Å²) in [6, 6.07) is 127. The first-order valence-corrected chi connectivity index (χ1v) is 29.9. The normalized spacial score (nSPS) is 13.3. The van der Waals surface area contributed by atoms with Crippen molar-refractivity contribution in [2.45, 2.75) is 10.8 Å². The zero-order valence-electron chi connectivity index (χ0n) is 47.2. The molecular weight excluding hydrogens is 1040 g/mol. The van der Waals surface area contributed by atoms with E-state index in [0.717, 1.165) is 55.7 Å². The van der Waals surface area contributed by atoms with Crippen LogP contribution in [0.5, 0.6) is 0 Å². The van der Waals surface area contributed by atoms with Crippen LogP contribution >= 0.6 is 0 Å². The van der Waals surface area contributed by atoms with Crippen molar-refractivity contribution >= 4 is 21.8 Å². The van der Waals surface area contributed by atoms with Gasteiger partial charge < -0.3 is 9.13 Å². The second-order valence-corrected chi connectivity index (χ2v) is 23.1. The van der Waals surface area contributed by atoms with Gasteiger partial charge in [0, 0.05) is 22.1 Å². The Morgan fingerprint density at radius 1 is 0.198 bits per heavy atom. The molecule has 15 aromatic rings. The minimum absolute atomic E-state index is 0.559. The SMILES string of the molecule is c1ccc(-c2ccc(-c3cc4cc5c(cc(-c6ccc(-c7ccccc7)cc6)n5-c5ccc6c(c5)C(c5ccccc5)(c5ccccc5)c5ccccc5-6)cc4n3-c3ccc4c(c3)C(c3ccccc3)(c3ccccc3)c3ccccc3-4)cc2)cc1. The summed E-state index contributed by atoms with van der Waals surface area (Å²) in [4.78, 5) is 0. The van der Waals surface area contributed by atoms with Crippen molar-refractivity contribution in [3.8, 4) is 78.4 Å². The molecule has 2 aromatic heterocycles. The highest BCUT2D eigenvalue weighted by Gasteiger charge is 2.48. The highest BCUT2D eigenvalue weighted by atomic mass is 15.0. The Hall–Kier alpha value is -11.1. The van der Waals surface area contributed by atoms with Crippen molar-refractivity contribution in [3.05, 3.63) is 384 Å². The molecule has 2 heteroatoms. The van der Waals surface area contributed by atoms with Gasteiger partial charge in [-0.1, -0.05) is 291 Å². The van der Waals surface area contributed by atoms with Crippen LogP contribution in [0.15, 0.2) is 340 Å². The van der Waals surface area contributed by atoms with Crippen LogP contribution in [-0.4, -0.2) is 9.13 Å². The van der Waals surface area contributed by atoms with Crippen molar-refractivity contribution in [2.24, 2.45) is 0 Å². The molecule has 0 radical (unpaired) electrons. The maximum atomic E-state index is 2.53. The summed E-state index contributed by atoms with van der Waals surface area (Å²) < 4.78 is 5.06. The quantitative estimate of drug-likeness (QED) is 0.129. The fraction of sp³-hybridized carbons (Fsp3) is 0.0238. The van der Waals surface area contributed by atoms with Gasteiger partial charge in [0.25, 0.3) is 0 Å². The number of rotatable bonds is 10. The minimum Gasteiger partial charge on any atom is -0.309 e. The zero-order chi connectivity index (χ0) is 56.8. The highest BCUT2D eigenvalue weighted by molar-refractivity contribution is 6.03. The van der Waals surface area contributed by atoms with Crippen molar-refractivity contribution in [2.75, 3.05) is 0 Å². The molecule has 13 aromatic carbocycles. The lowest BCUT2D eigenvalue weighted by Crippen LogP contribution is -2.28. The van der Waals surface area contributed by atoms with E-state index >= 15 is 0 Å². The average Bonchev–Trinajstić information content (AvgIpc) is 1.57. The van der Waals surface area contributed by atoms with E-state index < -0.39 is 10.8 Å². The lowest BCUT2D eigenvalue weighted by molar-refractivity contribution is 0.767. The number of hydrogen-bond donors (Lipinski definition) is 0. The molecule has 2 aliphatic carbocycles. The van der Waals surface area contributed by atoms with Crippen molar-refractivity contribution in [3.63, 3.8) is 0 Å². The van der Waals surface area contributed by atoms with Gasteiger partial charge >= 0.3 is 0 Å². The summed E-state index contributed by atoms with van der Waals surface area (Å²) >= 11 is 0. The molecule has 0 fully saturated rings. The molecule has 402 valence electrons. The first kappa shape index (κ1) is 49.5. The Labute approximate surface area is 501 Å². The lowest BCUT2D eigenvalue weighted by Gasteiger charge is -2.34. The standard InChI is InChI=1S/C84H56N2/c1-7-23-57(24-8-1)59-39-43-61(44-40-59)79-51-63-53-82-64(54-81(63)85(79)69-47-49-73-71-35-19-21-37-75(71)83(77(73)55-69,65-27-11-3-12-28-65)66-29-13-4-14-30-66)52-80(62-45-41-60(42-46-62)58-25-9-2-10-26-58)86(82)70-48-50-74-72-36-20-22-38-76(72)84(78(74)56-70,67-31-15-5-16-32-67)68-33-17-6-18-34-68/h1-56H. The minimum atomic E-state index is -0.559. The van der Waals surface area contributed by atoms with Crippen molar-refractivity contribution in [1.29, 1.82) is 0 Å². The molecular formula is C84H56N2. The van der Waals surface area contributed by atoms with Gasteiger partial charge in [-0.05, 0) is 149 Å². The molecule has 0 bridgehead atoms. The van der Waals surface area contributed by atoms with E-state index in [1.807, 2.05) is 0 Å². The molecule has 0 N–H and O–H groups in total. The Morgan fingerprint density at radius 3 is 0.826 bits per heavy atom. The predicted octanol–water partition coefficient (Wildman–Crippen LogP) is 21.0. The molecule has 17 rings (SSSR count). The number of fused-ring (bicyclic) bond motifs is 8. The number of hydrogen-bond acceptors (Lipinski definition) is 0. The highest BCUT2D eigenvalue weighted by Crippen LogP contribution is 2.59. The molecule has 86 heavy (non-hydrogen) atoms. The summed E-state index contributed by atoms with van der Waals surface area (Å²) in [6.45, 7) is 0. The Balaban J connectivity index is 0.929. The fourth-order valence-electron chi connectivity index (χ4n) is 15.0. The van der Waals surface area contributed by atoms with Crippen molar-refractivity contribution in [1.82, 2.24) is 9.13 Å². The van der Waals surface area contributed by atoms with Gasteiger partial charge in [0.15, 0.2) is 0 Å². The van der Waals surface area contributed by atoms with E-state index in [1.54, 1.807) is 0 Å². The number of nitrogens with zero attached hydrogens (tertiary/aromatic N) is 2. The van der Waals surface area contributed by atoms with Gasteiger partial charge in [-0.2, -0.15) is 0 Å². The van der Waals surface area contributed by atoms with Crippen LogP contribution < -0.4 is 0 Å². The summed E-state index contributed by atoms with van der Waals surface area (Å²) in [5.41, 5.74) is 27.9. The van der Waals surface area contributed by atoms with Crippen LogP contribution in [0.3, 0.4) is 0 Å². The van der Waals surface area contributed by atoms with E-state index in [9.17, 15) is 0 Å². The Kier molecular flexibility index (Phi) is 11.4.